The second-order valence-corrected chi connectivity index (χ2v) is 5.16. The van der Waals surface area contributed by atoms with Crippen molar-refractivity contribution in [2.45, 2.75) is 26.8 Å². The second-order valence-electron chi connectivity index (χ2n) is 5.16. The van der Waals surface area contributed by atoms with Crippen molar-refractivity contribution < 1.29 is 9.21 Å². The molecule has 0 saturated heterocycles. The number of rotatable bonds is 6. The molecule has 0 amide bonds. The highest BCUT2D eigenvalue weighted by molar-refractivity contribution is 5.97. The fourth-order valence-electron chi connectivity index (χ4n) is 2.15. The fourth-order valence-corrected chi connectivity index (χ4v) is 2.15. The van der Waals surface area contributed by atoms with E-state index in [2.05, 4.69) is 6.92 Å². The summed E-state index contributed by atoms with van der Waals surface area (Å²) in [6, 6.07) is 11.7. The number of carbonyl (C=O) groups is 1. The number of aryl methyl sites for hydroxylation is 2. The van der Waals surface area contributed by atoms with Gasteiger partial charge in [-0.1, -0.05) is 31.2 Å². The SMILES string of the molecule is CCc1ccc(C(=O)CN(C)Cc2ccc(C)o2)cc1. The molecule has 0 spiro atoms. The topological polar surface area (TPSA) is 33.5 Å². The zero-order chi connectivity index (χ0) is 14.5. The molecule has 0 aliphatic rings. The molecule has 0 fully saturated rings. The lowest BCUT2D eigenvalue weighted by molar-refractivity contribution is 0.0939. The minimum Gasteiger partial charge on any atom is -0.465 e. The van der Waals surface area contributed by atoms with Gasteiger partial charge in [0.05, 0.1) is 13.1 Å². The number of carbonyl (C=O) groups excluding carboxylic acids is 1. The van der Waals surface area contributed by atoms with Crippen molar-refractivity contribution in [2.75, 3.05) is 13.6 Å². The quantitative estimate of drug-likeness (QED) is 0.754. The van der Waals surface area contributed by atoms with Gasteiger partial charge in [0, 0.05) is 5.56 Å². The zero-order valence-corrected chi connectivity index (χ0v) is 12.3. The molecule has 106 valence electrons. The van der Waals surface area contributed by atoms with Gasteiger partial charge in [0.1, 0.15) is 11.5 Å². The maximum Gasteiger partial charge on any atom is 0.176 e. The summed E-state index contributed by atoms with van der Waals surface area (Å²) in [5, 5.41) is 0. The summed E-state index contributed by atoms with van der Waals surface area (Å²) in [5.74, 6) is 1.92. The fraction of sp³-hybridized carbons (Fsp3) is 0.353. The number of furan rings is 1. The molecule has 0 unspecified atom stereocenters. The highest BCUT2D eigenvalue weighted by Gasteiger charge is 2.11. The monoisotopic (exact) mass is 271 g/mol. The number of benzene rings is 1. The Bertz CT molecular complexity index is 569. The Balaban J connectivity index is 1.92. The number of likely N-dealkylation sites (N-methyl/N-ethyl adjacent to an activating group) is 1. The Kier molecular flexibility index (Phi) is 4.74. The van der Waals surface area contributed by atoms with Crippen molar-refractivity contribution in [3.8, 4) is 0 Å². The van der Waals surface area contributed by atoms with Crippen LogP contribution in [-0.4, -0.2) is 24.3 Å². The molecule has 0 radical (unpaired) electrons. The Morgan fingerprint density at radius 2 is 1.85 bits per heavy atom. The third-order valence-electron chi connectivity index (χ3n) is 3.32. The summed E-state index contributed by atoms with van der Waals surface area (Å²) in [7, 11) is 1.93. The molecular formula is C17H21NO2. The molecule has 0 bridgehead atoms. The van der Waals surface area contributed by atoms with E-state index in [4.69, 9.17) is 4.42 Å². The lowest BCUT2D eigenvalue weighted by Gasteiger charge is -2.14. The van der Waals surface area contributed by atoms with Crippen LogP contribution in [0.2, 0.25) is 0 Å². The first-order chi connectivity index (χ1) is 9.58. The van der Waals surface area contributed by atoms with Crippen molar-refractivity contribution in [1.29, 1.82) is 0 Å². The molecule has 1 aromatic heterocycles. The summed E-state index contributed by atoms with van der Waals surface area (Å²) in [6.07, 6.45) is 0.992. The number of ketones is 1. The van der Waals surface area contributed by atoms with Crippen LogP contribution in [0.25, 0.3) is 0 Å². The first kappa shape index (κ1) is 14.5. The third kappa shape index (κ3) is 3.81. The minimum absolute atomic E-state index is 0.137. The van der Waals surface area contributed by atoms with E-state index in [1.54, 1.807) is 0 Å². The summed E-state index contributed by atoms with van der Waals surface area (Å²) in [6.45, 7) is 5.07. The standard InChI is InChI=1S/C17H21NO2/c1-4-14-6-8-15(9-7-14)17(19)12-18(3)11-16-10-5-13(2)20-16/h5-10H,4,11-12H2,1-3H3. The van der Waals surface area contributed by atoms with Crippen LogP contribution in [0.4, 0.5) is 0 Å². The molecule has 0 N–H and O–H groups in total. The summed E-state index contributed by atoms with van der Waals surface area (Å²) < 4.78 is 5.52. The van der Waals surface area contributed by atoms with Crippen LogP contribution >= 0.6 is 0 Å². The van der Waals surface area contributed by atoms with Gasteiger partial charge >= 0.3 is 0 Å². The van der Waals surface area contributed by atoms with Crippen LogP contribution in [0.1, 0.15) is 34.4 Å². The minimum atomic E-state index is 0.137. The maximum atomic E-state index is 12.2. The van der Waals surface area contributed by atoms with E-state index >= 15 is 0 Å². The molecule has 1 aromatic carbocycles. The number of hydrogen-bond acceptors (Lipinski definition) is 3. The van der Waals surface area contributed by atoms with Gasteiger partial charge in [-0.15, -0.1) is 0 Å². The second kappa shape index (κ2) is 6.53. The van der Waals surface area contributed by atoms with Crippen LogP contribution in [0, 0.1) is 6.92 Å². The number of Topliss-reactive ketones (excluding diaryl/α,β-unsaturated/α-hetero) is 1. The van der Waals surface area contributed by atoms with Gasteiger partial charge in [0.2, 0.25) is 0 Å². The first-order valence-corrected chi connectivity index (χ1v) is 6.94. The average Bonchev–Trinajstić information content (AvgIpc) is 2.84. The van der Waals surface area contributed by atoms with Crippen molar-refractivity contribution in [2.24, 2.45) is 0 Å². The van der Waals surface area contributed by atoms with Crippen molar-refractivity contribution in [3.63, 3.8) is 0 Å². The van der Waals surface area contributed by atoms with Crippen LogP contribution in [0.3, 0.4) is 0 Å². The van der Waals surface area contributed by atoms with Gasteiger partial charge in [0.15, 0.2) is 5.78 Å². The van der Waals surface area contributed by atoms with Crippen molar-refractivity contribution in [3.05, 3.63) is 59.0 Å². The first-order valence-electron chi connectivity index (χ1n) is 6.94. The molecule has 0 aliphatic carbocycles. The molecule has 0 aliphatic heterocycles. The molecule has 1 heterocycles. The predicted octanol–water partition coefficient (Wildman–Crippen LogP) is 3.47. The van der Waals surface area contributed by atoms with E-state index in [1.165, 1.54) is 5.56 Å². The van der Waals surface area contributed by atoms with Crippen molar-refractivity contribution >= 4 is 5.78 Å². The summed E-state index contributed by atoms with van der Waals surface area (Å²) in [4.78, 5) is 14.1. The van der Waals surface area contributed by atoms with Gasteiger partial charge in [-0.25, -0.2) is 0 Å². The van der Waals surface area contributed by atoms with Crippen LogP contribution < -0.4 is 0 Å². The Morgan fingerprint density at radius 1 is 1.15 bits per heavy atom. The van der Waals surface area contributed by atoms with Gasteiger partial charge in [-0.3, -0.25) is 9.69 Å². The van der Waals surface area contributed by atoms with E-state index in [0.717, 1.165) is 23.5 Å². The molecule has 20 heavy (non-hydrogen) atoms. The van der Waals surface area contributed by atoms with E-state index in [1.807, 2.05) is 55.3 Å². The lowest BCUT2D eigenvalue weighted by atomic mass is 10.1. The molecule has 0 saturated carbocycles. The zero-order valence-electron chi connectivity index (χ0n) is 12.3. The normalized spacial score (nSPS) is 11.0. The summed E-state index contributed by atoms with van der Waals surface area (Å²) in [5.41, 5.74) is 2.02. The van der Waals surface area contributed by atoms with Crippen LogP contribution in [0.15, 0.2) is 40.8 Å². The lowest BCUT2D eigenvalue weighted by Crippen LogP contribution is -2.25. The van der Waals surface area contributed by atoms with E-state index in [-0.39, 0.29) is 5.78 Å². The predicted molar refractivity (Wildman–Crippen MR) is 79.9 cm³/mol. The largest absolute Gasteiger partial charge is 0.465 e. The highest BCUT2D eigenvalue weighted by Crippen LogP contribution is 2.10. The third-order valence-corrected chi connectivity index (χ3v) is 3.32. The van der Waals surface area contributed by atoms with Gasteiger partial charge < -0.3 is 4.42 Å². The van der Waals surface area contributed by atoms with Crippen LogP contribution in [0.5, 0.6) is 0 Å². The van der Waals surface area contributed by atoms with E-state index < -0.39 is 0 Å². The van der Waals surface area contributed by atoms with Crippen LogP contribution in [-0.2, 0) is 13.0 Å². The van der Waals surface area contributed by atoms with E-state index in [0.29, 0.717) is 13.1 Å². The molecular weight excluding hydrogens is 250 g/mol. The summed E-state index contributed by atoms with van der Waals surface area (Å²) >= 11 is 0. The molecule has 3 nitrogen and oxygen atoms in total. The Morgan fingerprint density at radius 3 is 2.40 bits per heavy atom. The number of hydrogen-bond donors (Lipinski definition) is 0. The Hall–Kier alpha value is -1.87. The van der Waals surface area contributed by atoms with E-state index in [9.17, 15) is 4.79 Å². The smallest absolute Gasteiger partial charge is 0.176 e. The Labute approximate surface area is 120 Å². The van der Waals surface area contributed by atoms with Gasteiger partial charge in [-0.05, 0) is 38.1 Å². The molecule has 2 aromatic rings. The molecule has 2 rings (SSSR count). The molecule has 3 heteroatoms. The highest BCUT2D eigenvalue weighted by atomic mass is 16.3. The van der Waals surface area contributed by atoms with Crippen molar-refractivity contribution in [1.82, 2.24) is 4.90 Å². The molecule has 0 atom stereocenters. The van der Waals surface area contributed by atoms with Gasteiger partial charge in [-0.2, -0.15) is 0 Å². The number of nitrogens with zero attached hydrogens (tertiary/aromatic N) is 1. The van der Waals surface area contributed by atoms with Gasteiger partial charge in [0.25, 0.3) is 0 Å². The maximum absolute atomic E-state index is 12.2. The average molecular weight is 271 g/mol.